The summed E-state index contributed by atoms with van der Waals surface area (Å²) in [5.41, 5.74) is 1.08. The lowest BCUT2D eigenvalue weighted by molar-refractivity contribution is -0.140. The molecular weight excluding hydrogens is 418 g/mol. The highest BCUT2D eigenvalue weighted by Gasteiger charge is 2.46. The largest absolute Gasteiger partial charge is 0.507 e. The summed E-state index contributed by atoms with van der Waals surface area (Å²) in [6.45, 7) is 6.75. The molecule has 1 atom stereocenters. The van der Waals surface area contributed by atoms with Crippen LogP contribution in [0.25, 0.3) is 5.76 Å². The van der Waals surface area contributed by atoms with Gasteiger partial charge in [0.05, 0.1) is 23.7 Å². The standard InChI is InChI=1S/C23H26ClN3O4/c1-4-26(5-2)12-13-27-20(15-8-10-25-11-9-15)19(22(29)23(27)30)21(28)16-6-7-18(31-3)17(24)14-16/h6-11,14,20,28H,4-5,12-13H2,1-3H3/b21-19-. The number of aliphatic hydroxyl groups is 1. The van der Waals surface area contributed by atoms with Gasteiger partial charge in [0, 0.05) is 31.0 Å². The zero-order chi connectivity index (χ0) is 22.5. The molecule has 31 heavy (non-hydrogen) atoms. The van der Waals surface area contributed by atoms with Gasteiger partial charge in [-0.25, -0.2) is 0 Å². The fourth-order valence-corrected chi connectivity index (χ4v) is 4.02. The third-order valence-corrected chi connectivity index (χ3v) is 5.83. The van der Waals surface area contributed by atoms with Crippen LogP contribution in [0.4, 0.5) is 0 Å². The minimum absolute atomic E-state index is 0.0389. The van der Waals surface area contributed by atoms with Crippen molar-refractivity contribution in [2.75, 3.05) is 33.3 Å². The van der Waals surface area contributed by atoms with Gasteiger partial charge in [-0.2, -0.15) is 0 Å². The van der Waals surface area contributed by atoms with Gasteiger partial charge >= 0.3 is 0 Å². The number of aromatic nitrogens is 1. The van der Waals surface area contributed by atoms with Gasteiger partial charge in [-0.05, 0) is 49.0 Å². The molecule has 1 aliphatic heterocycles. The van der Waals surface area contributed by atoms with Gasteiger partial charge in [-0.3, -0.25) is 14.6 Å². The molecule has 8 heteroatoms. The Balaban J connectivity index is 2.08. The van der Waals surface area contributed by atoms with Gasteiger partial charge < -0.3 is 19.6 Å². The van der Waals surface area contributed by atoms with Crippen molar-refractivity contribution in [3.63, 3.8) is 0 Å². The van der Waals surface area contributed by atoms with Crippen molar-refractivity contribution < 1.29 is 19.4 Å². The van der Waals surface area contributed by atoms with Gasteiger partial charge in [-0.15, -0.1) is 0 Å². The van der Waals surface area contributed by atoms with E-state index in [9.17, 15) is 14.7 Å². The summed E-state index contributed by atoms with van der Waals surface area (Å²) in [7, 11) is 1.49. The van der Waals surface area contributed by atoms with Crippen LogP contribution in [0.2, 0.25) is 5.02 Å². The maximum absolute atomic E-state index is 13.0. The number of methoxy groups -OCH3 is 1. The lowest BCUT2D eigenvalue weighted by Gasteiger charge is -2.28. The number of carbonyl (C=O) groups excluding carboxylic acids is 2. The number of Topliss-reactive ketones (excluding diaryl/α,β-unsaturated/α-hetero) is 1. The second kappa shape index (κ2) is 9.94. The maximum atomic E-state index is 13.0. The van der Waals surface area contributed by atoms with Crippen LogP contribution in [0.15, 0.2) is 48.3 Å². The molecule has 1 aliphatic rings. The Bertz CT molecular complexity index is 990. The maximum Gasteiger partial charge on any atom is 0.295 e. The third kappa shape index (κ3) is 4.57. The van der Waals surface area contributed by atoms with E-state index in [0.29, 0.717) is 35.0 Å². The van der Waals surface area contributed by atoms with Crippen molar-refractivity contribution >= 4 is 29.1 Å². The third-order valence-electron chi connectivity index (χ3n) is 5.54. The van der Waals surface area contributed by atoms with Crippen LogP contribution in [0.1, 0.15) is 31.0 Å². The van der Waals surface area contributed by atoms with Crippen LogP contribution < -0.4 is 4.74 Å². The average Bonchev–Trinajstić information content (AvgIpc) is 3.04. The first-order chi connectivity index (χ1) is 14.9. The second-order valence-electron chi connectivity index (χ2n) is 7.15. The summed E-state index contributed by atoms with van der Waals surface area (Å²) in [6, 6.07) is 7.51. The van der Waals surface area contributed by atoms with Gasteiger partial charge in [0.2, 0.25) is 0 Å². The molecule has 1 aromatic carbocycles. The van der Waals surface area contributed by atoms with Crippen LogP contribution >= 0.6 is 11.6 Å². The van der Waals surface area contributed by atoms with Crippen LogP contribution in [0.3, 0.4) is 0 Å². The average molecular weight is 444 g/mol. The van der Waals surface area contributed by atoms with Crippen LogP contribution in [-0.2, 0) is 9.59 Å². The number of ketones is 1. The number of nitrogens with zero attached hydrogens (tertiary/aromatic N) is 3. The number of amides is 1. The Morgan fingerprint density at radius 1 is 1.19 bits per heavy atom. The van der Waals surface area contributed by atoms with Crippen molar-refractivity contribution in [3.05, 3.63) is 64.4 Å². The minimum Gasteiger partial charge on any atom is -0.507 e. The van der Waals surface area contributed by atoms with E-state index in [1.165, 1.54) is 18.1 Å². The molecule has 1 saturated heterocycles. The van der Waals surface area contributed by atoms with Gasteiger partial charge in [0.1, 0.15) is 11.5 Å². The van der Waals surface area contributed by atoms with Gasteiger partial charge in [-0.1, -0.05) is 25.4 Å². The number of hydrogen-bond acceptors (Lipinski definition) is 6. The minimum atomic E-state index is -0.717. The lowest BCUT2D eigenvalue weighted by Crippen LogP contribution is -2.38. The predicted octanol–water partition coefficient (Wildman–Crippen LogP) is 3.51. The molecular formula is C23H26ClN3O4. The zero-order valence-corrected chi connectivity index (χ0v) is 18.6. The second-order valence-corrected chi connectivity index (χ2v) is 7.56. The van der Waals surface area contributed by atoms with Gasteiger partial charge in [0.25, 0.3) is 11.7 Å². The normalized spacial score (nSPS) is 18.1. The summed E-state index contributed by atoms with van der Waals surface area (Å²) in [5.74, 6) is -1.17. The number of likely N-dealkylation sites (tertiary alicyclic amines) is 1. The van der Waals surface area contributed by atoms with Gasteiger partial charge in [0.15, 0.2) is 0 Å². The van der Waals surface area contributed by atoms with E-state index >= 15 is 0 Å². The SMILES string of the molecule is CCN(CC)CCN1C(=O)C(=O)/C(=C(\O)c2ccc(OC)c(Cl)c2)C1c1ccncc1. The Morgan fingerprint density at radius 2 is 1.87 bits per heavy atom. The highest BCUT2D eigenvalue weighted by atomic mass is 35.5. The molecule has 1 fully saturated rings. The van der Waals surface area contributed by atoms with E-state index in [1.54, 1.807) is 36.7 Å². The number of rotatable bonds is 8. The van der Waals surface area contributed by atoms with Crippen molar-refractivity contribution in [1.82, 2.24) is 14.8 Å². The molecule has 0 saturated carbocycles. The van der Waals surface area contributed by atoms with Crippen LogP contribution in [0.5, 0.6) is 5.75 Å². The molecule has 164 valence electrons. The van der Waals surface area contributed by atoms with E-state index in [2.05, 4.69) is 9.88 Å². The van der Waals surface area contributed by atoms with E-state index in [1.807, 2.05) is 13.8 Å². The molecule has 0 bridgehead atoms. The molecule has 2 aromatic rings. The molecule has 2 heterocycles. The Morgan fingerprint density at radius 3 is 2.45 bits per heavy atom. The number of aliphatic hydroxyl groups excluding tert-OH is 1. The summed E-state index contributed by atoms with van der Waals surface area (Å²) in [4.78, 5) is 33.7. The monoisotopic (exact) mass is 443 g/mol. The number of hydrogen-bond donors (Lipinski definition) is 1. The Labute approximate surface area is 186 Å². The predicted molar refractivity (Wildman–Crippen MR) is 119 cm³/mol. The quantitative estimate of drug-likeness (QED) is 0.382. The lowest BCUT2D eigenvalue weighted by atomic mass is 9.96. The Kier molecular flexibility index (Phi) is 7.30. The van der Waals surface area contributed by atoms with Crippen LogP contribution in [-0.4, -0.2) is 64.9 Å². The number of ether oxygens (including phenoxy) is 1. The molecule has 1 unspecified atom stereocenters. The Hall–Kier alpha value is -2.90. The number of benzene rings is 1. The number of likely N-dealkylation sites (N-methyl/N-ethyl adjacent to an activating group) is 1. The first-order valence-electron chi connectivity index (χ1n) is 10.2. The molecule has 1 amide bonds. The van der Waals surface area contributed by atoms with E-state index in [-0.39, 0.29) is 11.3 Å². The molecule has 7 nitrogen and oxygen atoms in total. The highest BCUT2D eigenvalue weighted by molar-refractivity contribution is 6.46. The number of halogens is 1. The number of carbonyl (C=O) groups is 2. The zero-order valence-electron chi connectivity index (χ0n) is 17.8. The molecule has 3 rings (SSSR count). The fraction of sp³-hybridized carbons (Fsp3) is 0.348. The van der Waals surface area contributed by atoms with E-state index in [4.69, 9.17) is 16.3 Å². The first kappa shape index (κ1) is 22.8. The first-order valence-corrected chi connectivity index (χ1v) is 10.5. The molecule has 0 radical (unpaired) electrons. The van der Waals surface area contributed by atoms with Crippen LogP contribution in [0, 0.1) is 0 Å². The summed E-state index contributed by atoms with van der Waals surface area (Å²) in [6.07, 6.45) is 3.20. The highest BCUT2D eigenvalue weighted by Crippen LogP contribution is 2.40. The molecule has 0 aliphatic carbocycles. The molecule has 0 spiro atoms. The topological polar surface area (TPSA) is 83.0 Å². The molecule has 1 aromatic heterocycles. The van der Waals surface area contributed by atoms with Crippen molar-refractivity contribution in [2.45, 2.75) is 19.9 Å². The summed E-state index contributed by atoms with van der Waals surface area (Å²) in [5, 5.41) is 11.4. The van der Waals surface area contributed by atoms with Crippen molar-refractivity contribution in [2.24, 2.45) is 0 Å². The van der Waals surface area contributed by atoms with Crippen molar-refractivity contribution in [3.8, 4) is 5.75 Å². The summed E-state index contributed by atoms with van der Waals surface area (Å²) < 4.78 is 5.16. The molecule has 1 N–H and O–H groups in total. The van der Waals surface area contributed by atoms with E-state index < -0.39 is 17.7 Å². The number of pyridine rings is 1. The van der Waals surface area contributed by atoms with E-state index in [0.717, 1.165) is 13.1 Å². The van der Waals surface area contributed by atoms with Crippen molar-refractivity contribution in [1.29, 1.82) is 0 Å². The summed E-state index contributed by atoms with van der Waals surface area (Å²) >= 11 is 6.21. The fourth-order valence-electron chi connectivity index (χ4n) is 3.76. The smallest absolute Gasteiger partial charge is 0.295 e.